The minimum Gasteiger partial charge on any atom is -0.459 e. The fourth-order valence-electron chi connectivity index (χ4n) is 7.90. The van der Waals surface area contributed by atoms with E-state index in [4.69, 9.17) is 9.47 Å². The van der Waals surface area contributed by atoms with Crippen LogP contribution in [0.5, 0.6) is 0 Å². The highest BCUT2D eigenvalue weighted by molar-refractivity contribution is 6.17. The molecule has 57 heavy (non-hydrogen) atoms. The molecule has 0 aliphatic rings. The van der Waals surface area contributed by atoms with Gasteiger partial charge in [0.05, 0.1) is 23.3 Å². The SMILES string of the molecule is CC(C)(c1ccc(CC(O)COC(=O)c2c3ccccc3cc3ccccc23)cc1)c1ccc(CC(O)COC(=O)c2c3ccccc3cc3ccccc23)cc1. The van der Waals surface area contributed by atoms with E-state index in [1.54, 1.807) is 0 Å². The van der Waals surface area contributed by atoms with Crippen LogP contribution >= 0.6 is 0 Å². The molecule has 0 saturated carbocycles. The van der Waals surface area contributed by atoms with E-state index in [1.165, 1.54) is 0 Å². The van der Waals surface area contributed by atoms with Crippen LogP contribution in [0.2, 0.25) is 0 Å². The fourth-order valence-corrected chi connectivity index (χ4v) is 7.90. The molecule has 0 radical (unpaired) electrons. The molecule has 2 N–H and O–H groups in total. The van der Waals surface area contributed by atoms with E-state index in [0.717, 1.165) is 65.3 Å². The standard InChI is InChI=1S/C51H44O6/c1-51(2,39-23-19-33(20-24-39)27-41(52)31-56-49(54)47-43-15-7-3-11-35(43)29-36-12-4-8-16-44(36)47)40-25-21-34(22-26-40)28-42(53)32-57-50(55)48-45-17-9-5-13-37(45)30-38-14-6-10-18-46(38)48/h3-26,29-30,41-42,52-53H,27-28,31-32H2,1-2H3. The fraction of sp³-hybridized carbons (Fsp3) is 0.176. The van der Waals surface area contributed by atoms with Gasteiger partial charge < -0.3 is 19.7 Å². The first kappa shape index (κ1) is 37.6. The molecule has 0 spiro atoms. The maximum atomic E-state index is 13.4. The monoisotopic (exact) mass is 752 g/mol. The summed E-state index contributed by atoms with van der Waals surface area (Å²) in [5.74, 6) is -0.900. The molecule has 6 heteroatoms. The molecule has 8 aromatic carbocycles. The predicted octanol–water partition coefficient (Wildman–Crippen LogP) is 10.1. The van der Waals surface area contributed by atoms with Gasteiger partial charge in [-0.2, -0.15) is 0 Å². The number of carbonyl (C=O) groups is 2. The van der Waals surface area contributed by atoms with Gasteiger partial charge in [-0.3, -0.25) is 0 Å². The van der Waals surface area contributed by atoms with E-state index in [9.17, 15) is 19.8 Å². The van der Waals surface area contributed by atoms with Gasteiger partial charge in [0.1, 0.15) is 13.2 Å². The normalized spacial score (nSPS) is 12.8. The number of aliphatic hydroxyl groups is 2. The quantitative estimate of drug-likeness (QED) is 0.0954. The maximum absolute atomic E-state index is 13.4. The Kier molecular flexibility index (Phi) is 10.6. The van der Waals surface area contributed by atoms with Gasteiger partial charge in [-0.05, 0) is 77.5 Å². The zero-order valence-electron chi connectivity index (χ0n) is 32.0. The number of esters is 2. The molecule has 0 bridgehead atoms. The van der Waals surface area contributed by atoms with E-state index in [1.807, 2.05) is 121 Å². The third kappa shape index (κ3) is 7.88. The van der Waals surface area contributed by atoms with Gasteiger partial charge >= 0.3 is 11.9 Å². The maximum Gasteiger partial charge on any atom is 0.339 e. The number of rotatable bonds is 12. The highest BCUT2D eigenvalue weighted by Crippen LogP contribution is 2.33. The second kappa shape index (κ2) is 16.0. The molecule has 8 rings (SSSR count). The van der Waals surface area contributed by atoms with E-state index in [0.29, 0.717) is 24.0 Å². The molecule has 2 atom stereocenters. The van der Waals surface area contributed by atoms with E-state index in [-0.39, 0.29) is 18.6 Å². The van der Waals surface area contributed by atoms with Crippen molar-refractivity contribution in [3.8, 4) is 0 Å². The largest absolute Gasteiger partial charge is 0.459 e. The van der Waals surface area contributed by atoms with Crippen molar-refractivity contribution in [1.29, 1.82) is 0 Å². The van der Waals surface area contributed by atoms with Crippen LogP contribution < -0.4 is 0 Å². The highest BCUT2D eigenvalue weighted by Gasteiger charge is 2.24. The Hall–Kier alpha value is -6.34. The molecule has 0 heterocycles. The Morgan fingerprint density at radius 3 is 1.09 bits per heavy atom. The first-order chi connectivity index (χ1) is 27.7. The van der Waals surface area contributed by atoms with Crippen LogP contribution in [0.15, 0.2) is 158 Å². The van der Waals surface area contributed by atoms with Crippen LogP contribution in [-0.4, -0.2) is 47.6 Å². The van der Waals surface area contributed by atoms with Crippen molar-refractivity contribution in [1.82, 2.24) is 0 Å². The van der Waals surface area contributed by atoms with Crippen molar-refractivity contribution in [3.05, 3.63) is 191 Å². The second-order valence-corrected chi connectivity index (χ2v) is 15.3. The van der Waals surface area contributed by atoms with Crippen LogP contribution in [0.25, 0.3) is 43.1 Å². The van der Waals surface area contributed by atoms with Crippen LogP contribution in [0.1, 0.15) is 56.8 Å². The second-order valence-electron chi connectivity index (χ2n) is 15.3. The lowest BCUT2D eigenvalue weighted by Gasteiger charge is -2.27. The average Bonchev–Trinajstić information content (AvgIpc) is 3.23. The third-order valence-electron chi connectivity index (χ3n) is 11.1. The Balaban J connectivity index is 0.861. The molecule has 6 nitrogen and oxygen atoms in total. The molecule has 0 aromatic heterocycles. The Bertz CT molecular complexity index is 2440. The number of hydrogen-bond donors (Lipinski definition) is 2. The lowest BCUT2D eigenvalue weighted by atomic mass is 9.77. The summed E-state index contributed by atoms with van der Waals surface area (Å²) >= 11 is 0. The Morgan fingerprint density at radius 1 is 0.474 bits per heavy atom. The molecule has 0 saturated heterocycles. The number of carbonyl (C=O) groups excluding carboxylic acids is 2. The van der Waals surface area contributed by atoms with Gasteiger partial charge in [0, 0.05) is 18.3 Å². The molecule has 0 amide bonds. The summed E-state index contributed by atoms with van der Waals surface area (Å²) in [5, 5.41) is 28.9. The summed E-state index contributed by atoms with van der Waals surface area (Å²) in [5.41, 5.74) is 4.80. The van der Waals surface area contributed by atoms with Gasteiger partial charge in [-0.25, -0.2) is 9.59 Å². The lowest BCUT2D eigenvalue weighted by Crippen LogP contribution is -2.22. The summed E-state index contributed by atoms with van der Waals surface area (Å²) < 4.78 is 11.4. The Morgan fingerprint density at radius 2 is 0.772 bits per heavy atom. The molecule has 0 aliphatic carbocycles. The average molecular weight is 753 g/mol. The zero-order valence-corrected chi connectivity index (χ0v) is 32.0. The summed E-state index contributed by atoms with van der Waals surface area (Å²) in [6.45, 7) is 4.09. The summed E-state index contributed by atoms with van der Waals surface area (Å²) in [6, 6.07) is 51.5. The number of benzene rings is 8. The number of fused-ring (bicyclic) bond motifs is 4. The van der Waals surface area contributed by atoms with Crippen molar-refractivity contribution < 1.29 is 29.3 Å². The van der Waals surface area contributed by atoms with Crippen molar-refractivity contribution in [3.63, 3.8) is 0 Å². The van der Waals surface area contributed by atoms with Crippen LogP contribution in [-0.2, 0) is 27.7 Å². The van der Waals surface area contributed by atoms with Gasteiger partial charge in [-0.15, -0.1) is 0 Å². The van der Waals surface area contributed by atoms with Gasteiger partial charge in [0.2, 0.25) is 0 Å². The molecular formula is C51H44O6. The number of aliphatic hydroxyl groups excluding tert-OH is 2. The van der Waals surface area contributed by atoms with Crippen molar-refractivity contribution in [2.24, 2.45) is 0 Å². The summed E-state index contributed by atoms with van der Waals surface area (Å²) in [7, 11) is 0. The first-order valence-electron chi connectivity index (χ1n) is 19.4. The molecular weight excluding hydrogens is 709 g/mol. The van der Waals surface area contributed by atoms with E-state index in [2.05, 4.69) is 50.2 Å². The molecule has 0 fully saturated rings. The van der Waals surface area contributed by atoms with Gasteiger partial charge in [0.25, 0.3) is 0 Å². The van der Waals surface area contributed by atoms with Crippen LogP contribution in [0.4, 0.5) is 0 Å². The topological polar surface area (TPSA) is 93.1 Å². The molecule has 284 valence electrons. The minimum absolute atomic E-state index is 0.117. The summed E-state index contributed by atoms with van der Waals surface area (Å²) in [6.07, 6.45) is -1.04. The van der Waals surface area contributed by atoms with Crippen LogP contribution in [0.3, 0.4) is 0 Å². The van der Waals surface area contributed by atoms with Crippen LogP contribution in [0, 0.1) is 0 Å². The smallest absolute Gasteiger partial charge is 0.339 e. The minimum atomic E-state index is -0.862. The third-order valence-corrected chi connectivity index (χ3v) is 11.1. The van der Waals surface area contributed by atoms with Crippen molar-refractivity contribution in [2.45, 2.75) is 44.3 Å². The highest BCUT2D eigenvalue weighted by atomic mass is 16.5. The van der Waals surface area contributed by atoms with E-state index >= 15 is 0 Å². The zero-order chi connectivity index (χ0) is 39.5. The predicted molar refractivity (Wildman–Crippen MR) is 228 cm³/mol. The summed E-state index contributed by atoms with van der Waals surface area (Å²) in [4.78, 5) is 26.8. The molecule has 0 aliphatic heterocycles. The van der Waals surface area contributed by atoms with Gasteiger partial charge in [0.15, 0.2) is 0 Å². The number of hydrogen-bond acceptors (Lipinski definition) is 6. The van der Waals surface area contributed by atoms with E-state index < -0.39 is 24.1 Å². The molecule has 2 unspecified atom stereocenters. The molecule has 8 aromatic rings. The van der Waals surface area contributed by atoms with Crippen molar-refractivity contribution in [2.75, 3.05) is 13.2 Å². The van der Waals surface area contributed by atoms with Crippen molar-refractivity contribution >= 4 is 55.0 Å². The lowest BCUT2D eigenvalue weighted by molar-refractivity contribution is 0.0259. The Labute approximate surface area is 331 Å². The van der Waals surface area contributed by atoms with Gasteiger partial charge in [-0.1, -0.05) is 159 Å². The first-order valence-corrected chi connectivity index (χ1v) is 19.4. The number of ether oxygens (including phenoxy) is 2.